The van der Waals surface area contributed by atoms with Crippen LogP contribution in [-0.2, 0) is 9.59 Å². The predicted octanol–water partition coefficient (Wildman–Crippen LogP) is 3.20. The lowest BCUT2D eigenvalue weighted by Crippen LogP contribution is -2.45. The van der Waals surface area contributed by atoms with Gasteiger partial charge in [0.25, 0.3) is 0 Å². The van der Waals surface area contributed by atoms with E-state index in [1.54, 1.807) is 24.3 Å². The van der Waals surface area contributed by atoms with Crippen molar-refractivity contribution < 1.29 is 35.9 Å². The molecule has 3 heterocycles. The van der Waals surface area contributed by atoms with E-state index >= 15 is 0 Å². The smallest absolute Gasteiger partial charge is 0.299 e. The van der Waals surface area contributed by atoms with E-state index in [2.05, 4.69) is 10.2 Å². The topological polar surface area (TPSA) is 72.4 Å². The van der Waals surface area contributed by atoms with Gasteiger partial charge in [-0.25, -0.2) is 0 Å². The van der Waals surface area contributed by atoms with Crippen LogP contribution in [0.25, 0.3) is 21.5 Å². The zero-order valence-electron chi connectivity index (χ0n) is 19.9. The number of alkyl halides is 6. The summed E-state index contributed by atoms with van der Waals surface area (Å²) in [6.45, 7) is 2.29. The lowest BCUT2D eigenvalue weighted by atomic mass is 10.0. The average molecular weight is 540 g/mol. The minimum absolute atomic E-state index is 0.0243. The number of carbonyl (C=O) groups is 2. The van der Waals surface area contributed by atoms with Crippen LogP contribution in [0.5, 0.6) is 0 Å². The van der Waals surface area contributed by atoms with Crippen LogP contribution in [0, 0.1) is 0 Å². The molecule has 0 atom stereocenters. The highest BCUT2D eigenvalue weighted by Crippen LogP contribution is 2.37. The van der Waals surface area contributed by atoms with Crippen molar-refractivity contribution in [2.45, 2.75) is 12.4 Å². The Morgan fingerprint density at radius 3 is 1.39 bits per heavy atom. The fourth-order valence-corrected chi connectivity index (χ4v) is 4.20. The summed E-state index contributed by atoms with van der Waals surface area (Å²) in [5.74, 6) is -5.21. The van der Waals surface area contributed by atoms with Gasteiger partial charge in [0.2, 0.25) is 0 Å². The van der Waals surface area contributed by atoms with E-state index in [0.717, 1.165) is 0 Å². The van der Waals surface area contributed by atoms with Crippen LogP contribution < -0.4 is 9.80 Å². The molecule has 1 aromatic heterocycles. The maximum absolute atomic E-state index is 13.6. The van der Waals surface area contributed by atoms with Crippen LogP contribution >= 0.6 is 0 Å². The van der Waals surface area contributed by atoms with Crippen molar-refractivity contribution >= 4 is 45.0 Å². The Balaban J connectivity index is 1.69. The van der Waals surface area contributed by atoms with Crippen molar-refractivity contribution in [2.75, 3.05) is 62.2 Å². The number of rotatable bonds is 8. The Morgan fingerprint density at radius 1 is 0.711 bits per heavy atom. The highest BCUT2D eigenvalue weighted by molar-refractivity contribution is 6.13. The zero-order valence-corrected chi connectivity index (χ0v) is 19.9. The Hall–Kier alpha value is -3.52. The van der Waals surface area contributed by atoms with Crippen molar-refractivity contribution in [1.29, 1.82) is 0 Å². The number of fused-ring (bicyclic) bond motifs is 2. The van der Waals surface area contributed by atoms with Crippen LogP contribution in [-0.4, -0.2) is 96.5 Å². The highest BCUT2D eigenvalue weighted by atomic mass is 19.4. The highest BCUT2D eigenvalue weighted by Gasteiger charge is 2.46. The van der Waals surface area contributed by atoms with E-state index in [4.69, 9.17) is 0 Å². The molecule has 38 heavy (non-hydrogen) atoms. The maximum Gasteiger partial charge on any atom is 0.471 e. The maximum atomic E-state index is 13.6. The predicted molar refractivity (Wildman–Crippen MR) is 127 cm³/mol. The number of anilines is 2. The largest absolute Gasteiger partial charge is 0.471 e. The molecule has 202 valence electrons. The number of aromatic nitrogens is 2. The lowest BCUT2D eigenvalue weighted by Gasteiger charge is -2.27. The molecule has 2 amide bonds. The van der Waals surface area contributed by atoms with Gasteiger partial charge in [-0.15, -0.1) is 10.2 Å². The molecule has 2 fully saturated rings. The number of nitrogens with zero attached hydrogens (tertiary/aromatic N) is 6. The Bertz CT molecular complexity index is 1280. The standard InChI is InChI=1S/C24H22F6N6O2/c25-23(26,27)21(37)35(11-9-33-5-6-33)19-17-13-15-3-1-2-4-16(15)14-18(17)20(32-31-19)36(12-10-34-7-8-34)22(38)24(28,29)30/h1-4,13-14H,5-12H2. The van der Waals surface area contributed by atoms with Gasteiger partial charge in [-0.2, -0.15) is 26.3 Å². The van der Waals surface area contributed by atoms with Crippen molar-refractivity contribution in [1.82, 2.24) is 20.0 Å². The summed E-state index contributed by atoms with van der Waals surface area (Å²) >= 11 is 0. The summed E-state index contributed by atoms with van der Waals surface area (Å²) < 4.78 is 81.4. The third kappa shape index (κ3) is 5.50. The zero-order chi connectivity index (χ0) is 27.2. The molecule has 0 bridgehead atoms. The van der Waals surface area contributed by atoms with Gasteiger partial charge in [0, 0.05) is 63.1 Å². The van der Waals surface area contributed by atoms with Crippen molar-refractivity contribution in [3.05, 3.63) is 36.4 Å². The molecule has 0 aliphatic carbocycles. The molecule has 14 heteroatoms. The molecule has 0 radical (unpaired) electrons. The van der Waals surface area contributed by atoms with E-state index in [1.165, 1.54) is 12.1 Å². The number of benzene rings is 2. The molecular weight excluding hydrogens is 518 g/mol. The molecule has 3 aromatic rings. The average Bonchev–Trinajstić information content (AvgIpc) is 3.78. The Kier molecular flexibility index (Phi) is 6.63. The second-order valence-electron chi connectivity index (χ2n) is 9.18. The summed E-state index contributed by atoms with van der Waals surface area (Å²) in [6.07, 6.45) is -10.4. The minimum Gasteiger partial charge on any atom is -0.299 e. The van der Waals surface area contributed by atoms with Gasteiger partial charge < -0.3 is 0 Å². The van der Waals surface area contributed by atoms with Crippen molar-refractivity contribution in [3.8, 4) is 0 Å². The first-order chi connectivity index (χ1) is 17.9. The van der Waals surface area contributed by atoms with E-state index in [-0.39, 0.29) is 37.0 Å². The number of halogens is 6. The lowest BCUT2D eigenvalue weighted by molar-refractivity contribution is -0.170. The van der Waals surface area contributed by atoms with Crippen LogP contribution in [0.1, 0.15) is 0 Å². The number of amides is 2. The molecule has 5 rings (SSSR count). The molecule has 0 spiro atoms. The van der Waals surface area contributed by atoms with Gasteiger partial charge in [-0.05, 0) is 22.9 Å². The molecule has 0 saturated carbocycles. The van der Waals surface area contributed by atoms with E-state index in [9.17, 15) is 35.9 Å². The van der Waals surface area contributed by atoms with Crippen molar-refractivity contribution in [2.24, 2.45) is 0 Å². The van der Waals surface area contributed by atoms with E-state index in [1.807, 2.05) is 9.80 Å². The fraction of sp³-hybridized carbons (Fsp3) is 0.417. The van der Waals surface area contributed by atoms with Crippen LogP contribution in [0.4, 0.5) is 38.0 Å². The van der Waals surface area contributed by atoms with Crippen LogP contribution in [0.15, 0.2) is 36.4 Å². The van der Waals surface area contributed by atoms with E-state index < -0.39 is 35.8 Å². The second kappa shape index (κ2) is 9.66. The molecule has 0 unspecified atom stereocenters. The molecular formula is C24H22F6N6O2. The number of carbonyl (C=O) groups excluding carboxylic acids is 2. The number of hydrogen-bond acceptors (Lipinski definition) is 6. The molecule has 2 aliphatic rings. The van der Waals surface area contributed by atoms with Gasteiger partial charge in [-0.3, -0.25) is 29.2 Å². The number of hydrogen-bond donors (Lipinski definition) is 0. The molecule has 2 saturated heterocycles. The van der Waals surface area contributed by atoms with Gasteiger partial charge in [0.15, 0.2) is 11.6 Å². The first-order valence-electron chi connectivity index (χ1n) is 11.8. The summed E-state index contributed by atoms with van der Waals surface area (Å²) in [7, 11) is 0. The molecule has 2 aliphatic heterocycles. The van der Waals surface area contributed by atoms with E-state index in [0.29, 0.717) is 46.8 Å². The van der Waals surface area contributed by atoms with Crippen LogP contribution in [0.3, 0.4) is 0 Å². The minimum atomic E-state index is -5.22. The van der Waals surface area contributed by atoms with Crippen LogP contribution in [0.2, 0.25) is 0 Å². The van der Waals surface area contributed by atoms with Gasteiger partial charge in [0.05, 0.1) is 0 Å². The molecule has 0 N–H and O–H groups in total. The Morgan fingerprint density at radius 2 is 1.08 bits per heavy atom. The fourth-order valence-electron chi connectivity index (χ4n) is 4.20. The first kappa shape index (κ1) is 26.1. The van der Waals surface area contributed by atoms with Crippen molar-refractivity contribution in [3.63, 3.8) is 0 Å². The normalized spacial score (nSPS) is 16.2. The quantitative estimate of drug-likeness (QED) is 0.248. The summed E-state index contributed by atoms with van der Waals surface area (Å²) in [4.78, 5) is 29.4. The Labute approximate surface area is 212 Å². The van der Waals surface area contributed by atoms with Gasteiger partial charge in [0.1, 0.15) is 0 Å². The molecule has 2 aromatic carbocycles. The summed E-state index contributed by atoms with van der Waals surface area (Å²) in [5.41, 5.74) is 0. The third-order valence-corrected chi connectivity index (χ3v) is 6.45. The first-order valence-corrected chi connectivity index (χ1v) is 11.8. The second-order valence-corrected chi connectivity index (χ2v) is 9.18. The molecule has 8 nitrogen and oxygen atoms in total. The van der Waals surface area contributed by atoms with Gasteiger partial charge in [-0.1, -0.05) is 24.3 Å². The monoisotopic (exact) mass is 540 g/mol. The third-order valence-electron chi connectivity index (χ3n) is 6.45. The SMILES string of the molecule is O=C(N(CCN1CC1)c1nnc(N(CCN2CC2)C(=O)C(F)(F)F)c2cc3ccccc3cc12)C(F)(F)F. The summed E-state index contributed by atoms with van der Waals surface area (Å²) in [6, 6.07) is 9.62. The summed E-state index contributed by atoms with van der Waals surface area (Å²) in [5, 5.41) is 8.74. The van der Waals surface area contributed by atoms with Gasteiger partial charge >= 0.3 is 24.2 Å².